The van der Waals surface area contributed by atoms with Gasteiger partial charge in [-0.2, -0.15) is 0 Å². The first kappa shape index (κ1) is 11.1. The van der Waals surface area contributed by atoms with Crippen LogP contribution in [0.2, 0.25) is 0 Å². The van der Waals surface area contributed by atoms with Crippen molar-refractivity contribution in [2.24, 2.45) is 5.73 Å². The third kappa shape index (κ3) is 1.85. The summed E-state index contributed by atoms with van der Waals surface area (Å²) < 4.78 is 0. The molecule has 0 saturated heterocycles. The number of thioether (sulfide) groups is 1. The number of carbonyl (C=O) groups is 1. The van der Waals surface area contributed by atoms with Gasteiger partial charge in [-0.3, -0.25) is 10.1 Å². The zero-order chi connectivity index (χ0) is 11.9. The maximum absolute atomic E-state index is 12.0. The molecule has 1 atom stereocenters. The Hall–Kier alpha value is -1.00. The van der Waals surface area contributed by atoms with Crippen molar-refractivity contribution in [1.82, 2.24) is 5.32 Å². The Morgan fingerprint density at radius 3 is 2.88 bits per heavy atom. The molecule has 3 nitrogen and oxygen atoms in total. The summed E-state index contributed by atoms with van der Waals surface area (Å²) in [4.78, 5) is 13.1. The molecule has 1 saturated carbocycles. The fourth-order valence-corrected chi connectivity index (χ4v) is 3.65. The van der Waals surface area contributed by atoms with Crippen LogP contribution < -0.4 is 11.1 Å². The molecule has 1 amide bonds. The Labute approximate surface area is 105 Å². The summed E-state index contributed by atoms with van der Waals surface area (Å²) in [5.41, 5.74) is 6.11. The molecule has 1 heterocycles. The number of primary amides is 1. The first-order valence-corrected chi connectivity index (χ1v) is 7.01. The summed E-state index contributed by atoms with van der Waals surface area (Å²) in [5.74, 6) is 0.705. The topological polar surface area (TPSA) is 55.1 Å². The maximum atomic E-state index is 12.0. The van der Waals surface area contributed by atoms with Gasteiger partial charge in [0.05, 0.1) is 0 Å². The lowest BCUT2D eigenvalue weighted by atomic mass is 9.85. The van der Waals surface area contributed by atoms with E-state index in [0.717, 1.165) is 30.6 Å². The third-order valence-electron chi connectivity index (χ3n) is 3.53. The number of nitrogens with two attached hydrogens (primary N) is 1. The van der Waals surface area contributed by atoms with E-state index in [9.17, 15) is 4.79 Å². The predicted molar refractivity (Wildman–Crippen MR) is 68.8 cm³/mol. The lowest BCUT2D eigenvalue weighted by molar-refractivity contribution is -0.125. The van der Waals surface area contributed by atoms with Crippen molar-refractivity contribution in [2.45, 2.75) is 35.7 Å². The second-order valence-corrected chi connectivity index (χ2v) is 5.92. The van der Waals surface area contributed by atoms with E-state index >= 15 is 0 Å². The van der Waals surface area contributed by atoms with Gasteiger partial charge in [-0.25, -0.2) is 0 Å². The van der Waals surface area contributed by atoms with E-state index in [2.05, 4.69) is 11.4 Å². The quantitative estimate of drug-likeness (QED) is 0.854. The van der Waals surface area contributed by atoms with E-state index in [4.69, 9.17) is 5.73 Å². The summed E-state index contributed by atoms with van der Waals surface area (Å²) in [6.07, 6.45) is 3.11. The molecule has 1 aliphatic heterocycles. The first-order valence-electron chi connectivity index (χ1n) is 6.02. The minimum Gasteiger partial charge on any atom is -0.368 e. The average Bonchev–Trinajstić information content (AvgIpc) is 3.13. The second kappa shape index (κ2) is 4.03. The van der Waals surface area contributed by atoms with Crippen molar-refractivity contribution in [2.75, 3.05) is 5.75 Å². The van der Waals surface area contributed by atoms with E-state index in [1.54, 1.807) is 0 Å². The highest BCUT2D eigenvalue weighted by Crippen LogP contribution is 2.41. The van der Waals surface area contributed by atoms with E-state index in [-0.39, 0.29) is 5.91 Å². The van der Waals surface area contributed by atoms with E-state index in [0.29, 0.717) is 6.04 Å². The van der Waals surface area contributed by atoms with Gasteiger partial charge in [-0.1, -0.05) is 18.2 Å². The molecule has 90 valence electrons. The number of rotatable bonds is 3. The van der Waals surface area contributed by atoms with Crippen LogP contribution in [0.4, 0.5) is 0 Å². The van der Waals surface area contributed by atoms with Crippen molar-refractivity contribution < 1.29 is 4.79 Å². The van der Waals surface area contributed by atoms with Crippen LogP contribution >= 0.6 is 11.8 Å². The Balaban J connectivity index is 2.06. The minimum atomic E-state index is -0.636. The molecule has 1 fully saturated rings. The van der Waals surface area contributed by atoms with Crippen LogP contribution in [0, 0.1) is 0 Å². The van der Waals surface area contributed by atoms with Crippen LogP contribution in [0.5, 0.6) is 0 Å². The fourth-order valence-electron chi connectivity index (χ4n) is 2.45. The highest BCUT2D eigenvalue weighted by molar-refractivity contribution is 7.99. The molecule has 2 aliphatic rings. The van der Waals surface area contributed by atoms with Crippen LogP contribution in [-0.2, 0) is 10.3 Å². The molecule has 1 aliphatic carbocycles. The Kier molecular flexibility index (Phi) is 2.64. The number of carbonyl (C=O) groups excluding carboxylic acids is 1. The van der Waals surface area contributed by atoms with E-state index < -0.39 is 5.54 Å². The summed E-state index contributed by atoms with van der Waals surface area (Å²) in [6, 6.07) is 8.57. The summed E-state index contributed by atoms with van der Waals surface area (Å²) in [6.45, 7) is 0. The Morgan fingerprint density at radius 1 is 1.41 bits per heavy atom. The molecule has 3 N–H and O–H groups in total. The lowest BCUT2D eigenvalue weighted by Crippen LogP contribution is -2.55. The van der Waals surface area contributed by atoms with Gasteiger partial charge < -0.3 is 5.73 Å². The van der Waals surface area contributed by atoms with Crippen LogP contribution in [0.3, 0.4) is 0 Å². The van der Waals surface area contributed by atoms with Crippen LogP contribution in [0.1, 0.15) is 24.8 Å². The number of nitrogens with one attached hydrogen (secondary N) is 1. The summed E-state index contributed by atoms with van der Waals surface area (Å²) in [5, 5.41) is 3.47. The highest BCUT2D eigenvalue weighted by atomic mass is 32.2. The molecule has 17 heavy (non-hydrogen) atoms. The molecule has 1 aromatic carbocycles. The molecule has 1 unspecified atom stereocenters. The normalized spacial score (nSPS) is 27.5. The van der Waals surface area contributed by atoms with Gasteiger partial charge in [0, 0.05) is 16.7 Å². The SMILES string of the molecule is NC(=O)C1(NC2CC2)CCSc2ccccc21. The summed E-state index contributed by atoms with van der Waals surface area (Å²) in [7, 11) is 0. The zero-order valence-corrected chi connectivity index (χ0v) is 10.4. The largest absolute Gasteiger partial charge is 0.368 e. The second-order valence-electron chi connectivity index (χ2n) is 4.78. The molecule has 1 aromatic rings. The van der Waals surface area contributed by atoms with Gasteiger partial charge in [0.1, 0.15) is 5.54 Å². The molecule has 0 spiro atoms. The number of benzene rings is 1. The minimum absolute atomic E-state index is 0.239. The number of hydrogen-bond acceptors (Lipinski definition) is 3. The summed E-state index contributed by atoms with van der Waals surface area (Å²) >= 11 is 1.81. The van der Waals surface area contributed by atoms with Gasteiger partial charge in [0.2, 0.25) is 5.91 Å². The van der Waals surface area contributed by atoms with Crippen LogP contribution in [0.25, 0.3) is 0 Å². The van der Waals surface area contributed by atoms with Crippen molar-refractivity contribution in [3.63, 3.8) is 0 Å². The van der Waals surface area contributed by atoms with Crippen molar-refractivity contribution in [3.8, 4) is 0 Å². The van der Waals surface area contributed by atoms with Gasteiger partial charge in [0.15, 0.2) is 0 Å². The smallest absolute Gasteiger partial charge is 0.242 e. The standard InChI is InChI=1S/C13H16N2OS/c14-12(16)13(15-9-5-6-9)7-8-17-11-4-2-1-3-10(11)13/h1-4,9,15H,5-8H2,(H2,14,16). The average molecular weight is 248 g/mol. The molecule has 0 aromatic heterocycles. The molecule has 0 bridgehead atoms. The maximum Gasteiger partial charge on any atom is 0.242 e. The van der Waals surface area contributed by atoms with Crippen LogP contribution in [-0.4, -0.2) is 17.7 Å². The molecule has 0 radical (unpaired) electrons. The van der Waals surface area contributed by atoms with Gasteiger partial charge in [0.25, 0.3) is 0 Å². The molecular weight excluding hydrogens is 232 g/mol. The van der Waals surface area contributed by atoms with Crippen LogP contribution in [0.15, 0.2) is 29.2 Å². The van der Waals surface area contributed by atoms with Crippen molar-refractivity contribution >= 4 is 17.7 Å². The number of amides is 1. The predicted octanol–water partition coefficient (Wildman–Crippen LogP) is 1.61. The molecule has 4 heteroatoms. The molecular formula is C13H16N2OS. The lowest BCUT2D eigenvalue weighted by Gasteiger charge is -2.37. The van der Waals surface area contributed by atoms with Crippen molar-refractivity contribution in [1.29, 1.82) is 0 Å². The first-order chi connectivity index (χ1) is 8.22. The highest BCUT2D eigenvalue weighted by Gasteiger charge is 2.45. The third-order valence-corrected chi connectivity index (χ3v) is 4.61. The zero-order valence-electron chi connectivity index (χ0n) is 9.61. The van der Waals surface area contributed by atoms with Gasteiger partial charge in [-0.05, 0) is 30.9 Å². The molecule has 3 rings (SSSR count). The number of fused-ring (bicyclic) bond motifs is 1. The van der Waals surface area contributed by atoms with Crippen molar-refractivity contribution in [3.05, 3.63) is 29.8 Å². The monoisotopic (exact) mass is 248 g/mol. The Morgan fingerprint density at radius 2 is 2.18 bits per heavy atom. The number of hydrogen-bond donors (Lipinski definition) is 2. The Bertz CT molecular complexity index is 458. The fraction of sp³-hybridized carbons (Fsp3) is 0.462. The van der Waals surface area contributed by atoms with Gasteiger partial charge in [-0.15, -0.1) is 11.8 Å². The van der Waals surface area contributed by atoms with Gasteiger partial charge >= 0.3 is 0 Å². The van der Waals surface area contributed by atoms with E-state index in [1.807, 2.05) is 30.0 Å². The van der Waals surface area contributed by atoms with E-state index in [1.165, 1.54) is 4.90 Å².